The number of nitrogens with one attached hydrogen (secondary N) is 3. The van der Waals surface area contributed by atoms with Crippen LogP contribution in [0, 0.1) is 0 Å². The number of carbonyl (C=O) groups is 2. The average molecular weight is 717 g/mol. The number of carbonyl (C=O) groups excluding carboxylic acids is 1. The van der Waals surface area contributed by atoms with E-state index >= 15 is 0 Å². The molecule has 5 aromatic carbocycles. The summed E-state index contributed by atoms with van der Waals surface area (Å²) in [6.07, 6.45) is 0. The van der Waals surface area contributed by atoms with Crippen LogP contribution in [-0.4, -0.2) is 44.2 Å². The Bertz CT molecular complexity index is 2310. The van der Waals surface area contributed by atoms with Gasteiger partial charge in [0.1, 0.15) is 23.0 Å². The van der Waals surface area contributed by atoms with Gasteiger partial charge in [0.15, 0.2) is 0 Å². The van der Waals surface area contributed by atoms with Gasteiger partial charge in [-0.1, -0.05) is 30.3 Å². The lowest BCUT2D eigenvalue weighted by molar-refractivity contribution is 0.0695. The zero-order chi connectivity index (χ0) is 35.8. The largest absolute Gasteiger partial charge is 0.508 e. The second kappa shape index (κ2) is 13.2. The van der Waals surface area contributed by atoms with Gasteiger partial charge in [0.05, 0.1) is 15.4 Å². The van der Waals surface area contributed by atoms with Crippen LogP contribution in [0.5, 0.6) is 23.0 Å². The Morgan fingerprint density at radius 1 is 0.680 bits per heavy atom. The number of primary sulfonamides is 1. The highest BCUT2D eigenvalue weighted by atomic mass is 32.2. The number of ether oxygens (including phenoxy) is 1. The van der Waals surface area contributed by atoms with Crippen molar-refractivity contribution in [1.29, 1.82) is 0 Å². The van der Waals surface area contributed by atoms with Crippen LogP contribution in [0.25, 0.3) is 0 Å². The average Bonchev–Trinajstić information content (AvgIpc) is 3.06. The molecule has 0 fully saturated rings. The van der Waals surface area contributed by atoms with Crippen molar-refractivity contribution in [3.05, 3.63) is 131 Å². The number of fused-ring (bicyclic) bond motifs is 2. The molecule has 5 aromatic rings. The van der Waals surface area contributed by atoms with E-state index in [1.807, 2.05) is 0 Å². The Kier molecular flexibility index (Phi) is 8.94. The summed E-state index contributed by atoms with van der Waals surface area (Å²) in [5, 5.41) is 40.5. The third-order valence-corrected chi connectivity index (χ3v) is 10.2. The Balaban J connectivity index is 1.16. The maximum Gasteiger partial charge on any atom is 0.336 e. The molecule has 8 N–H and O–H groups in total. The smallest absolute Gasteiger partial charge is 0.336 e. The number of hydrogen-bond donors (Lipinski definition) is 7. The first-order valence-electron chi connectivity index (χ1n) is 14.7. The maximum atomic E-state index is 12.9. The second-order valence-corrected chi connectivity index (χ2v) is 14.5. The van der Waals surface area contributed by atoms with E-state index in [1.54, 1.807) is 18.2 Å². The minimum Gasteiger partial charge on any atom is -0.508 e. The van der Waals surface area contributed by atoms with Crippen molar-refractivity contribution in [2.24, 2.45) is 5.14 Å². The van der Waals surface area contributed by atoms with Crippen LogP contribution in [0.2, 0.25) is 0 Å². The number of anilines is 2. The van der Waals surface area contributed by atoms with Gasteiger partial charge < -0.3 is 30.7 Å². The predicted octanol–water partition coefficient (Wildman–Crippen LogP) is 4.85. The SMILES string of the molecule is NS(=O)(=O)c1ccc(CNS(=O)(=O)c2ccc(NC(=O)Nc3ccc(C4c5ccc(O)cc5Oc5cc(O)ccc54)c(C(=O)O)c3)cc2)cc1. The number of aromatic carboxylic acids is 1. The van der Waals surface area contributed by atoms with E-state index in [0.29, 0.717) is 22.3 Å². The van der Waals surface area contributed by atoms with E-state index in [1.165, 1.54) is 84.9 Å². The fraction of sp³-hybridized carbons (Fsp3) is 0.0588. The third kappa shape index (κ3) is 7.23. The molecule has 0 unspecified atom stereocenters. The lowest BCUT2D eigenvalue weighted by Crippen LogP contribution is -2.23. The molecule has 6 rings (SSSR count). The summed E-state index contributed by atoms with van der Waals surface area (Å²) in [5.41, 5.74) is 2.33. The summed E-state index contributed by atoms with van der Waals surface area (Å²) in [7, 11) is -7.85. The molecule has 50 heavy (non-hydrogen) atoms. The zero-order valence-electron chi connectivity index (χ0n) is 25.7. The minimum absolute atomic E-state index is 0.0595. The lowest BCUT2D eigenvalue weighted by Gasteiger charge is -2.29. The molecule has 1 aliphatic heterocycles. The van der Waals surface area contributed by atoms with Crippen molar-refractivity contribution in [3.8, 4) is 23.0 Å². The summed E-state index contributed by atoms with van der Waals surface area (Å²) in [4.78, 5) is 25.2. The number of carboxylic acids is 1. The van der Waals surface area contributed by atoms with Gasteiger partial charge >= 0.3 is 12.0 Å². The van der Waals surface area contributed by atoms with Crippen LogP contribution in [0.3, 0.4) is 0 Å². The topological polar surface area (TPSA) is 234 Å². The number of nitrogens with two attached hydrogens (primary N) is 1. The molecular weight excluding hydrogens is 689 g/mol. The van der Waals surface area contributed by atoms with E-state index in [9.17, 15) is 41.7 Å². The highest BCUT2D eigenvalue weighted by molar-refractivity contribution is 7.89. The van der Waals surface area contributed by atoms with Crippen LogP contribution in [0.1, 0.15) is 38.5 Å². The number of hydrogen-bond acceptors (Lipinski definition) is 9. The first kappa shape index (κ1) is 33.9. The van der Waals surface area contributed by atoms with Gasteiger partial charge in [-0.05, 0) is 71.8 Å². The van der Waals surface area contributed by atoms with Crippen LogP contribution < -0.4 is 25.2 Å². The van der Waals surface area contributed by atoms with Crippen LogP contribution in [0.4, 0.5) is 16.2 Å². The molecule has 0 spiro atoms. The number of rotatable bonds is 9. The highest BCUT2D eigenvalue weighted by Gasteiger charge is 2.32. The summed E-state index contributed by atoms with van der Waals surface area (Å²) in [5.74, 6) is -1.45. The molecule has 16 heteroatoms. The molecule has 2 amide bonds. The fourth-order valence-corrected chi connectivity index (χ4v) is 6.99. The number of urea groups is 1. The van der Waals surface area contributed by atoms with Crippen molar-refractivity contribution < 1.29 is 46.5 Å². The Morgan fingerprint density at radius 2 is 1.20 bits per heavy atom. The first-order valence-corrected chi connectivity index (χ1v) is 17.7. The Morgan fingerprint density at radius 3 is 1.76 bits per heavy atom. The third-order valence-electron chi connectivity index (χ3n) is 7.83. The molecule has 0 saturated heterocycles. The summed E-state index contributed by atoms with van der Waals surface area (Å²) in [6, 6.07) is 23.3. The molecule has 0 atom stereocenters. The molecule has 1 aliphatic rings. The van der Waals surface area contributed by atoms with Gasteiger partial charge in [0, 0.05) is 47.1 Å². The number of phenolic OH excluding ortho intramolecular Hbond substituents is 2. The molecule has 14 nitrogen and oxygen atoms in total. The van der Waals surface area contributed by atoms with E-state index in [4.69, 9.17) is 9.88 Å². The van der Waals surface area contributed by atoms with Crippen molar-refractivity contribution in [3.63, 3.8) is 0 Å². The number of phenols is 2. The van der Waals surface area contributed by atoms with Crippen molar-refractivity contribution >= 4 is 43.4 Å². The van der Waals surface area contributed by atoms with E-state index in [0.717, 1.165) is 0 Å². The summed E-state index contributed by atoms with van der Waals surface area (Å²) >= 11 is 0. The van der Waals surface area contributed by atoms with Crippen LogP contribution in [0.15, 0.2) is 113 Å². The number of carboxylic acid groups (broad SMARTS) is 1. The van der Waals surface area contributed by atoms with Gasteiger partial charge in [0.25, 0.3) is 0 Å². The van der Waals surface area contributed by atoms with Gasteiger partial charge in [-0.25, -0.2) is 36.3 Å². The normalized spacial score (nSPS) is 12.7. The minimum atomic E-state index is -3.97. The fourth-order valence-electron chi connectivity index (χ4n) is 5.46. The van der Waals surface area contributed by atoms with Gasteiger partial charge in [-0.3, -0.25) is 0 Å². The molecule has 256 valence electrons. The lowest BCUT2D eigenvalue weighted by atomic mass is 9.80. The Hall–Kier alpha value is -5.94. The molecule has 0 radical (unpaired) electrons. The highest BCUT2D eigenvalue weighted by Crippen LogP contribution is 2.50. The standard InChI is InChI=1S/C34H28N4O10S2/c35-49(44,45)24-8-1-19(2-9-24)18-36-50(46,47)25-10-3-20(4-11-25)37-34(43)38-21-5-12-26(29(15-21)33(41)42)32-27-13-6-22(39)16-30(27)48-31-17-23(40)7-14-28(31)32/h1-17,32,36,39-40H,18H2,(H,41,42)(H2,35,44,45)(H2,37,38,43). The van der Waals surface area contributed by atoms with Gasteiger partial charge in [-0.2, -0.15) is 0 Å². The van der Waals surface area contributed by atoms with Crippen LogP contribution in [-0.2, 0) is 26.6 Å². The van der Waals surface area contributed by atoms with E-state index in [2.05, 4.69) is 15.4 Å². The van der Waals surface area contributed by atoms with Crippen molar-refractivity contribution in [1.82, 2.24) is 4.72 Å². The molecule has 0 bridgehead atoms. The van der Waals surface area contributed by atoms with Gasteiger partial charge in [0.2, 0.25) is 20.0 Å². The Labute approximate surface area is 285 Å². The van der Waals surface area contributed by atoms with Crippen molar-refractivity contribution in [2.75, 3.05) is 10.6 Å². The summed E-state index contributed by atoms with van der Waals surface area (Å²) in [6.45, 7) is -0.118. The number of benzene rings is 5. The molecule has 0 aromatic heterocycles. The molecule has 0 aliphatic carbocycles. The van der Waals surface area contributed by atoms with Gasteiger partial charge in [-0.15, -0.1) is 0 Å². The quantitative estimate of drug-likeness (QED) is 0.107. The van der Waals surface area contributed by atoms with E-state index < -0.39 is 38.0 Å². The monoisotopic (exact) mass is 716 g/mol. The first-order chi connectivity index (χ1) is 23.7. The number of sulfonamides is 2. The predicted molar refractivity (Wildman–Crippen MR) is 182 cm³/mol. The zero-order valence-corrected chi connectivity index (χ0v) is 27.3. The van der Waals surface area contributed by atoms with E-state index in [-0.39, 0.29) is 56.3 Å². The number of aromatic hydroxyl groups is 2. The molecular formula is C34H28N4O10S2. The van der Waals surface area contributed by atoms with Crippen molar-refractivity contribution in [2.45, 2.75) is 22.3 Å². The number of amides is 2. The molecule has 0 saturated carbocycles. The maximum absolute atomic E-state index is 12.9. The molecule has 1 heterocycles. The summed E-state index contributed by atoms with van der Waals surface area (Å²) < 4.78 is 56.8. The van der Waals surface area contributed by atoms with Crippen LogP contribution >= 0.6 is 0 Å². The second-order valence-electron chi connectivity index (χ2n) is 11.2.